The Bertz CT molecular complexity index is 709. The van der Waals surface area contributed by atoms with Crippen molar-refractivity contribution < 1.29 is 17.9 Å². The lowest BCUT2D eigenvalue weighted by atomic mass is 10.3. The number of hydrogen-bond donors (Lipinski definition) is 2. The number of thiocarbonyl (C=S) groups is 1. The Balaban J connectivity index is 2.01. The molecule has 1 aromatic carbocycles. The molecule has 2 rings (SSSR count). The number of benzene rings is 1. The van der Waals surface area contributed by atoms with Crippen molar-refractivity contribution in [2.24, 2.45) is 0 Å². The largest absolute Gasteiger partial charge is 0.382 e. The van der Waals surface area contributed by atoms with Gasteiger partial charge in [0.2, 0.25) is 10.0 Å². The van der Waals surface area contributed by atoms with Gasteiger partial charge in [-0.2, -0.15) is 4.31 Å². The fourth-order valence-corrected chi connectivity index (χ4v) is 4.20. The zero-order valence-corrected chi connectivity index (χ0v) is 17.1. The summed E-state index contributed by atoms with van der Waals surface area (Å²) in [7, 11) is -3.59. The van der Waals surface area contributed by atoms with Crippen LogP contribution in [0.25, 0.3) is 0 Å². The second-order valence-electron chi connectivity index (χ2n) is 5.59. The second-order valence-corrected chi connectivity index (χ2v) is 8.34. The maximum Gasteiger partial charge on any atom is 0.243 e. The number of anilines is 1. The van der Waals surface area contributed by atoms with Crippen molar-refractivity contribution in [1.82, 2.24) is 9.62 Å². The Hall–Kier alpha value is -0.970. The Morgan fingerprint density at radius 3 is 2.81 bits per heavy atom. The Morgan fingerprint density at radius 2 is 2.12 bits per heavy atom. The highest BCUT2D eigenvalue weighted by Crippen LogP contribution is 2.27. The highest BCUT2D eigenvalue weighted by atomic mass is 35.5. The van der Waals surface area contributed by atoms with E-state index in [0.29, 0.717) is 61.9 Å². The van der Waals surface area contributed by atoms with Gasteiger partial charge in [0.05, 0.1) is 28.8 Å². The molecule has 0 atom stereocenters. The summed E-state index contributed by atoms with van der Waals surface area (Å²) in [4.78, 5) is 0.172. The molecule has 0 radical (unpaired) electrons. The van der Waals surface area contributed by atoms with Gasteiger partial charge >= 0.3 is 0 Å². The molecule has 10 heteroatoms. The summed E-state index contributed by atoms with van der Waals surface area (Å²) in [5.41, 5.74) is 0.448. The van der Waals surface area contributed by atoms with Crippen molar-refractivity contribution in [1.29, 1.82) is 0 Å². The number of hydrogen-bond acceptors (Lipinski definition) is 5. The molecule has 7 nitrogen and oxygen atoms in total. The quantitative estimate of drug-likeness (QED) is 0.491. The number of halogens is 1. The van der Waals surface area contributed by atoms with Gasteiger partial charge in [-0.3, -0.25) is 0 Å². The van der Waals surface area contributed by atoms with E-state index >= 15 is 0 Å². The van der Waals surface area contributed by atoms with E-state index < -0.39 is 10.0 Å². The van der Waals surface area contributed by atoms with E-state index in [9.17, 15) is 8.42 Å². The summed E-state index contributed by atoms with van der Waals surface area (Å²) in [5, 5.41) is 6.77. The fraction of sp³-hybridized carbons (Fsp3) is 0.562. The zero-order valence-electron chi connectivity index (χ0n) is 14.7. The first kappa shape index (κ1) is 21.3. The number of sulfonamides is 1. The molecule has 0 saturated carbocycles. The smallest absolute Gasteiger partial charge is 0.243 e. The van der Waals surface area contributed by atoms with Gasteiger partial charge in [0.25, 0.3) is 0 Å². The molecule has 0 amide bonds. The van der Waals surface area contributed by atoms with Crippen LogP contribution in [0, 0.1) is 0 Å². The van der Waals surface area contributed by atoms with Crippen LogP contribution in [0.2, 0.25) is 5.02 Å². The lowest BCUT2D eigenvalue weighted by molar-refractivity contribution is 0.0730. The molecule has 1 aromatic rings. The summed E-state index contributed by atoms with van der Waals surface area (Å²) in [6.45, 7) is 5.40. The molecule has 2 N–H and O–H groups in total. The van der Waals surface area contributed by atoms with Gasteiger partial charge in [0.15, 0.2) is 5.11 Å². The lowest BCUT2D eigenvalue weighted by Gasteiger charge is -2.26. The summed E-state index contributed by atoms with van der Waals surface area (Å²) in [5.74, 6) is 0. The second kappa shape index (κ2) is 10.4. The van der Waals surface area contributed by atoms with Crippen molar-refractivity contribution in [2.75, 3.05) is 51.4 Å². The first-order valence-electron chi connectivity index (χ1n) is 8.45. The highest BCUT2D eigenvalue weighted by molar-refractivity contribution is 7.89. The first-order valence-corrected chi connectivity index (χ1v) is 10.7. The maximum absolute atomic E-state index is 12.7. The minimum atomic E-state index is -3.59. The van der Waals surface area contributed by atoms with Gasteiger partial charge in [0, 0.05) is 32.8 Å². The molecule has 0 unspecified atom stereocenters. The third-order valence-electron chi connectivity index (χ3n) is 3.75. The molecule has 1 saturated heterocycles. The van der Waals surface area contributed by atoms with Crippen LogP contribution in [0.15, 0.2) is 23.1 Å². The number of rotatable bonds is 8. The van der Waals surface area contributed by atoms with E-state index in [1.807, 2.05) is 6.92 Å². The van der Waals surface area contributed by atoms with Crippen LogP contribution < -0.4 is 10.6 Å². The summed E-state index contributed by atoms with van der Waals surface area (Å²) < 4.78 is 37.4. The minimum Gasteiger partial charge on any atom is -0.382 e. The van der Waals surface area contributed by atoms with Gasteiger partial charge in [-0.05, 0) is 43.8 Å². The molecule has 0 spiro atoms. The lowest BCUT2D eigenvalue weighted by Crippen LogP contribution is -2.40. The monoisotopic (exact) mass is 421 g/mol. The highest BCUT2D eigenvalue weighted by Gasteiger charge is 2.26. The number of morpholine rings is 1. The molecular weight excluding hydrogens is 398 g/mol. The molecule has 1 aliphatic rings. The average Bonchev–Trinajstić information content (AvgIpc) is 2.64. The van der Waals surface area contributed by atoms with Gasteiger partial charge < -0.3 is 20.1 Å². The van der Waals surface area contributed by atoms with E-state index in [-0.39, 0.29) is 4.90 Å². The number of nitrogens with one attached hydrogen (secondary N) is 2. The van der Waals surface area contributed by atoms with Gasteiger partial charge in [-0.15, -0.1) is 0 Å². The van der Waals surface area contributed by atoms with E-state index in [0.717, 1.165) is 6.42 Å². The van der Waals surface area contributed by atoms with Crippen LogP contribution in [0.5, 0.6) is 0 Å². The van der Waals surface area contributed by atoms with Crippen LogP contribution in [-0.4, -0.2) is 63.9 Å². The Morgan fingerprint density at radius 1 is 1.38 bits per heavy atom. The van der Waals surface area contributed by atoms with Crippen molar-refractivity contribution in [3.8, 4) is 0 Å². The molecular formula is C16H24ClN3O4S2. The molecule has 26 heavy (non-hydrogen) atoms. The van der Waals surface area contributed by atoms with Crippen LogP contribution in [-0.2, 0) is 19.5 Å². The fourth-order valence-electron chi connectivity index (χ4n) is 2.38. The summed E-state index contributed by atoms with van der Waals surface area (Å²) in [6, 6.07) is 4.55. The van der Waals surface area contributed by atoms with E-state index in [1.54, 1.807) is 6.07 Å². The van der Waals surface area contributed by atoms with Crippen LogP contribution in [0.4, 0.5) is 5.69 Å². The third-order valence-corrected chi connectivity index (χ3v) is 6.22. The van der Waals surface area contributed by atoms with Crippen LogP contribution in [0.1, 0.15) is 13.3 Å². The molecule has 0 aromatic heterocycles. The van der Waals surface area contributed by atoms with Crippen molar-refractivity contribution in [3.05, 3.63) is 23.2 Å². The summed E-state index contributed by atoms with van der Waals surface area (Å²) in [6.07, 6.45) is 0.814. The molecule has 1 aliphatic heterocycles. The van der Waals surface area contributed by atoms with Gasteiger partial charge in [0.1, 0.15) is 0 Å². The topological polar surface area (TPSA) is 79.9 Å². The van der Waals surface area contributed by atoms with E-state index in [2.05, 4.69) is 10.6 Å². The Kier molecular flexibility index (Phi) is 8.52. The first-order chi connectivity index (χ1) is 12.4. The molecule has 146 valence electrons. The van der Waals surface area contributed by atoms with Gasteiger partial charge in [-0.1, -0.05) is 11.6 Å². The standard InChI is InChI=1S/C16H24ClN3O4S2/c1-2-23-9-3-6-18-16(25)19-15-12-13(4-5-14(15)17)26(21,22)20-7-10-24-11-8-20/h4-5,12H,2-3,6-11H2,1H3,(H2,18,19,25). The normalized spacial score (nSPS) is 15.6. The van der Waals surface area contributed by atoms with Crippen LogP contribution >= 0.6 is 23.8 Å². The molecule has 1 heterocycles. The summed E-state index contributed by atoms with van der Waals surface area (Å²) >= 11 is 11.4. The van der Waals surface area contributed by atoms with E-state index in [4.69, 9.17) is 33.3 Å². The van der Waals surface area contributed by atoms with E-state index in [1.165, 1.54) is 16.4 Å². The number of ether oxygens (including phenoxy) is 2. The SMILES string of the molecule is CCOCCCNC(=S)Nc1cc(S(=O)(=O)N2CCOCC2)ccc1Cl. The third kappa shape index (κ3) is 6.04. The van der Waals surface area contributed by atoms with Gasteiger partial charge in [-0.25, -0.2) is 8.42 Å². The average molecular weight is 422 g/mol. The molecule has 0 bridgehead atoms. The van der Waals surface area contributed by atoms with Crippen molar-refractivity contribution in [3.63, 3.8) is 0 Å². The predicted molar refractivity (Wildman–Crippen MR) is 106 cm³/mol. The van der Waals surface area contributed by atoms with Crippen molar-refractivity contribution >= 4 is 44.6 Å². The minimum absolute atomic E-state index is 0.172. The maximum atomic E-state index is 12.7. The zero-order chi connectivity index (χ0) is 19.0. The number of nitrogens with zero attached hydrogens (tertiary/aromatic N) is 1. The van der Waals surface area contributed by atoms with Crippen molar-refractivity contribution in [2.45, 2.75) is 18.2 Å². The Labute approximate surface area is 165 Å². The predicted octanol–water partition coefficient (Wildman–Crippen LogP) is 2.07. The molecule has 1 fully saturated rings. The molecule has 0 aliphatic carbocycles. The van der Waals surface area contributed by atoms with Crippen LogP contribution in [0.3, 0.4) is 0 Å².